The average Bonchev–Trinajstić information content (AvgIpc) is 3.08. The molecule has 1 aliphatic rings. The standard InChI is InChI=1S/C13H23N3O/c1-3-7-16(12-5-6-12)10-13-8-11(15-17-13)9-14-4-2/h8,12,14H,3-7,9-10H2,1-2H3. The van der Waals surface area contributed by atoms with Gasteiger partial charge in [-0.15, -0.1) is 0 Å². The Kier molecular flexibility index (Phi) is 4.57. The van der Waals surface area contributed by atoms with E-state index in [1.165, 1.54) is 19.3 Å². The maximum atomic E-state index is 5.38. The Morgan fingerprint density at radius 1 is 1.47 bits per heavy atom. The molecule has 2 rings (SSSR count). The minimum atomic E-state index is 0.789. The summed E-state index contributed by atoms with van der Waals surface area (Å²) in [5, 5.41) is 7.34. The molecule has 1 saturated carbocycles. The highest BCUT2D eigenvalue weighted by Gasteiger charge is 2.28. The van der Waals surface area contributed by atoms with Crippen LogP contribution < -0.4 is 5.32 Å². The van der Waals surface area contributed by atoms with Crippen molar-refractivity contribution in [1.82, 2.24) is 15.4 Å². The normalized spacial score (nSPS) is 15.7. The number of hydrogen-bond donors (Lipinski definition) is 1. The van der Waals surface area contributed by atoms with Crippen LogP contribution in [0.4, 0.5) is 0 Å². The summed E-state index contributed by atoms with van der Waals surface area (Å²) in [6.07, 6.45) is 3.89. The zero-order chi connectivity index (χ0) is 12.1. The number of aromatic nitrogens is 1. The van der Waals surface area contributed by atoms with Crippen LogP contribution in [0, 0.1) is 0 Å². The first-order chi connectivity index (χ1) is 8.33. The van der Waals surface area contributed by atoms with E-state index in [1.807, 2.05) is 0 Å². The maximum Gasteiger partial charge on any atom is 0.151 e. The van der Waals surface area contributed by atoms with Crippen LogP contribution in [0.3, 0.4) is 0 Å². The second kappa shape index (κ2) is 6.17. The van der Waals surface area contributed by atoms with E-state index in [9.17, 15) is 0 Å². The molecule has 1 aliphatic carbocycles. The van der Waals surface area contributed by atoms with E-state index in [-0.39, 0.29) is 0 Å². The molecule has 0 amide bonds. The SMILES string of the molecule is CCCN(Cc1cc(CNCC)no1)C1CC1. The highest BCUT2D eigenvalue weighted by Crippen LogP contribution is 2.28. The number of hydrogen-bond acceptors (Lipinski definition) is 4. The van der Waals surface area contributed by atoms with E-state index < -0.39 is 0 Å². The molecular weight excluding hydrogens is 214 g/mol. The molecule has 0 bridgehead atoms. The first-order valence-corrected chi connectivity index (χ1v) is 6.72. The summed E-state index contributed by atoms with van der Waals surface area (Å²) >= 11 is 0. The molecule has 0 spiro atoms. The van der Waals surface area contributed by atoms with Crippen molar-refractivity contribution in [3.05, 3.63) is 17.5 Å². The van der Waals surface area contributed by atoms with Gasteiger partial charge >= 0.3 is 0 Å². The predicted molar refractivity (Wildman–Crippen MR) is 67.6 cm³/mol. The molecule has 1 N–H and O–H groups in total. The van der Waals surface area contributed by atoms with E-state index in [0.29, 0.717) is 0 Å². The zero-order valence-electron chi connectivity index (χ0n) is 10.9. The Balaban J connectivity index is 1.85. The fourth-order valence-electron chi connectivity index (χ4n) is 2.08. The molecule has 0 aliphatic heterocycles. The highest BCUT2D eigenvalue weighted by atomic mass is 16.5. The lowest BCUT2D eigenvalue weighted by molar-refractivity contribution is 0.222. The van der Waals surface area contributed by atoms with E-state index in [4.69, 9.17) is 4.52 Å². The van der Waals surface area contributed by atoms with Crippen molar-refractivity contribution in [2.24, 2.45) is 0 Å². The summed E-state index contributed by atoms with van der Waals surface area (Å²) in [5.41, 5.74) is 1.01. The lowest BCUT2D eigenvalue weighted by Gasteiger charge is -2.18. The Bertz CT molecular complexity index is 333. The van der Waals surface area contributed by atoms with E-state index >= 15 is 0 Å². The van der Waals surface area contributed by atoms with Crippen LogP contribution >= 0.6 is 0 Å². The first kappa shape index (κ1) is 12.6. The quantitative estimate of drug-likeness (QED) is 0.752. The fraction of sp³-hybridized carbons (Fsp3) is 0.769. The average molecular weight is 237 g/mol. The van der Waals surface area contributed by atoms with E-state index in [2.05, 4.69) is 35.3 Å². The largest absolute Gasteiger partial charge is 0.360 e. The third-order valence-corrected chi connectivity index (χ3v) is 3.10. The van der Waals surface area contributed by atoms with Gasteiger partial charge in [-0.1, -0.05) is 19.0 Å². The fourth-order valence-corrected chi connectivity index (χ4v) is 2.08. The Labute approximate surface area is 103 Å². The Morgan fingerprint density at radius 3 is 2.94 bits per heavy atom. The molecule has 17 heavy (non-hydrogen) atoms. The van der Waals surface area contributed by atoms with Gasteiger partial charge in [0.15, 0.2) is 5.76 Å². The van der Waals surface area contributed by atoms with Crippen LogP contribution in [0.25, 0.3) is 0 Å². The lowest BCUT2D eigenvalue weighted by atomic mass is 10.3. The van der Waals surface area contributed by atoms with Crippen molar-refractivity contribution in [1.29, 1.82) is 0 Å². The van der Waals surface area contributed by atoms with Gasteiger partial charge in [-0.3, -0.25) is 4.90 Å². The summed E-state index contributed by atoms with van der Waals surface area (Å²) in [7, 11) is 0. The third kappa shape index (κ3) is 3.82. The highest BCUT2D eigenvalue weighted by molar-refractivity contribution is 5.05. The molecule has 4 heteroatoms. The minimum absolute atomic E-state index is 0.789. The molecule has 1 aromatic heterocycles. The van der Waals surface area contributed by atoms with Crippen molar-refractivity contribution in [3.63, 3.8) is 0 Å². The third-order valence-electron chi connectivity index (χ3n) is 3.10. The van der Waals surface area contributed by atoms with Crippen molar-refractivity contribution >= 4 is 0 Å². The molecule has 0 unspecified atom stereocenters. The van der Waals surface area contributed by atoms with Crippen molar-refractivity contribution < 1.29 is 4.52 Å². The van der Waals surface area contributed by atoms with Crippen LogP contribution in [0.1, 0.15) is 44.6 Å². The molecule has 96 valence electrons. The summed E-state index contributed by atoms with van der Waals surface area (Å²) < 4.78 is 5.38. The Hall–Kier alpha value is -0.870. The molecule has 0 atom stereocenters. The molecule has 1 heterocycles. The van der Waals surface area contributed by atoms with E-state index in [0.717, 1.165) is 43.7 Å². The van der Waals surface area contributed by atoms with Gasteiger partial charge in [-0.05, 0) is 32.4 Å². The van der Waals surface area contributed by atoms with Crippen LogP contribution in [0.5, 0.6) is 0 Å². The molecule has 1 aromatic rings. The van der Waals surface area contributed by atoms with Crippen molar-refractivity contribution in [2.75, 3.05) is 13.1 Å². The zero-order valence-corrected chi connectivity index (χ0v) is 10.9. The first-order valence-electron chi connectivity index (χ1n) is 6.72. The van der Waals surface area contributed by atoms with Gasteiger partial charge in [-0.2, -0.15) is 0 Å². The summed E-state index contributed by atoms with van der Waals surface area (Å²) in [6, 6.07) is 2.87. The van der Waals surface area contributed by atoms with Crippen molar-refractivity contribution in [2.45, 2.75) is 52.2 Å². The second-order valence-electron chi connectivity index (χ2n) is 4.77. The van der Waals surface area contributed by atoms with Gasteiger partial charge in [0.1, 0.15) is 0 Å². The second-order valence-corrected chi connectivity index (χ2v) is 4.77. The molecule has 0 radical (unpaired) electrons. The summed E-state index contributed by atoms with van der Waals surface area (Å²) in [5.74, 6) is 0.998. The smallest absolute Gasteiger partial charge is 0.151 e. The predicted octanol–water partition coefficient (Wildman–Crippen LogP) is 2.16. The van der Waals surface area contributed by atoms with Crippen LogP contribution in [0.15, 0.2) is 10.6 Å². The Morgan fingerprint density at radius 2 is 2.29 bits per heavy atom. The molecule has 4 nitrogen and oxygen atoms in total. The van der Waals surface area contributed by atoms with Crippen molar-refractivity contribution in [3.8, 4) is 0 Å². The number of nitrogens with zero attached hydrogens (tertiary/aromatic N) is 2. The van der Waals surface area contributed by atoms with E-state index in [1.54, 1.807) is 0 Å². The monoisotopic (exact) mass is 237 g/mol. The van der Waals surface area contributed by atoms with Gasteiger partial charge in [-0.25, -0.2) is 0 Å². The minimum Gasteiger partial charge on any atom is -0.360 e. The molecular formula is C13H23N3O. The van der Waals surface area contributed by atoms with Crippen LogP contribution in [0.2, 0.25) is 0 Å². The van der Waals surface area contributed by atoms with Gasteiger partial charge in [0.25, 0.3) is 0 Å². The number of rotatable bonds is 8. The van der Waals surface area contributed by atoms with Crippen LogP contribution in [-0.4, -0.2) is 29.2 Å². The van der Waals surface area contributed by atoms with Crippen LogP contribution in [-0.2, 0) is 13.1 Å². The van der Waals surface area contributed by atoms with Gasteiger partial charge in [0.2, 0.25) is 0 Å². The lowest BCUT2D eigenvalue weighted by Crippen LogP contribution is -2.26. The van der Waals surface area contributed by atoms with Gasteiger partial charge in [0, 0.05) is 18.7 Å². The molecule has 1 fully saturated rings. The van der Waals surface area contributed by atoms with Gasteiger partial charge < -0.3 is 9.84 Å². The summed E-state index contributed by atoms with van der Waals surface area (Å²) in [4.78, 5) is 2.51. The summed E-state index contributed by atoms with van der Waals surface area (Å²) in [6.45, 7) is 8.17. The molecule has 0 aromatic carbocycles. The van der Waals surface area contributed by atoms with Gasteiger partial charge in [0.05, 0.1) is 12.2 Å². The topological polar surface area (TPSA) is 41.3 Å². The number of nitrogens with one attached hydrogen (secondary N) is 1. The molecule has 0 saturated heterocycles. The maximum absolute atomic E-state index is 5.38.